The first kappa shape index (κ1) is 8.57. The van der Waals surface area contributed by atoms with Crippen molar-refractivity contribution in [2.75, 3.05) is 13.1 Å². The lowest BCUT2D eigenvalue weighted by atomic mass is 10.1. The summed E-state index contributed by atoms with van der Waals surface area (Å²) in [5.74, 6) is 0.985. The number of aryl methyl sites for hydroxylation is 1. The largest absolute Gasteiger partial charge is 0.488 e. The maximum atomic E-state index is 5.70. The normalized spacial score (nSPS) is 16.7. The molecule has 0 amide bonds. The van der Waals surface area contributed by atoms with E-state index in [9.17, 15) is 0 Å². The summed E-state index contributed by atoms with van der Waals surface area (Å²) in [6, 6.07) is 8.29. The van der Waals surface area contributed by atoms with Crippen LogP contribution < -0.4 is 10.1 Å². The number of hydrogen-bond donors (Lipinski definition) is 0. The van der Waals surface area contributed by atoms with E-state index in [1.54, 1.807) is 0 Å². The predicted octanol–water partition coefficient (Wildman–Crippen LogP) is 1.61. The van der Waals surface area contributed by atoms with Crippen LogP contribution in [0.1, 0.15) is 12.5 Å². The quantitative estimate of drug-likeness (QED) is 0.686. The Morgan fingerprint density at radius 3 is 2.92 bits per heavy atom. The maximum absolute atomic E-state index is 5.70. The van der Waals surface area contributed by atoms with Gasteiger partial charge >= 0.3 is 0 Å². The Hall–Kier alpha value is -1.02. The third kappa shape index (κ3) is 2.01. The van der Waals surface area contributed by atoms with Gasteiger partial charge in [-0.3, -0.25) is 0 Å². The third-order valence-electron chi connectivity index (χ3n) is 2.27. The highest BCUT2D eigenvalue weighted by molar-refractivity contribution is 5.28. The molecule has 1 aromatic rings. The third-order valence-corrected chi connectivity index (χ3v) is 2.27. The van der Waals surface area contributed by atoms with E-state index in [0.717, 1.165) is 25.3 Å². The van der Waals surface area contributed by atoms with Crippen LogP contribution >= 0.6 is 0 Å². The summed E-state index contributed by atoms with van der Waals surface area (Å²) >= 11 is 0. The standard InChI is InChI=1S/C11H14NO/c1-2-9-4-3-5-10(6-9)13-11-7-12-8-11/h3-6,11H,2,7-8H2,1H3. The fourth-order valence-corrected chi connectivity index (χ4v) is 1.34. The van der Waals surface area contributed by atoms with Gasteiger partial charge in [0, 0.05) is 0 Å². The summed E-state index contributed by atoms with van der Waals surface area (Å²) in [4.78, 5) is 0. The molecule has 69 valence electrons. The second kappa shape index (κ2) is 3.79. The molecule has 1 radical (unpaired) electrons. The average molecular weight is 176 g/mol. The smallest absolute Gasteiger partial charge is 0.127 e. The van der Waals surface area contributed by atoms with Crippen molar-refractivity contribution in [3.8, 4) is 5.75 Å². The summed E-state index contributed by atoms with van der Waals surface area (Å²) < 4.78 is 5.70. The zero-order valence-electron chi connectivity index (χ0n) is 7.86. The molecule has 1 fully saturated rings. The Kier molecular flexibility index (Phi) is 2.50. The summed E-state index contributed by atoms with van der Waals surface area (Å²) in [5.41, 5.74) is 1.33. The minimum atomic E-state index is 0.326. The van der Waals surface area contributed by atoms with Crippen molar-refractivity contribution in [3.05, 3.63) is 29.8 Å². The second-order valence-electron chi connectivity index (χ2n) is 3.33. The second-order valence-corrected chi connectivity index (χ2v) is 3.33. The van der Waals surface area contributed by atoms with Gasteiger partial charge in [-0.25, -0.2) is 5.32 Å². The first-order valence-electron chi connectivity index (χ1n) is 4.77. The molecule has 2 nitrogen and oxygen atoms in total. The van der Waals surface area contributed by atoms with Crippen molar-refractivity contribution >= 4 is 0 Å². The van der Waals surface area contributed by atoms with Gasteiger partial charge in [0.1, 0.15) is 11.9 Å². The Morgan fingerprint density at radius 1 is 1.46 bits per heavy atom. The molecule has 1 aliphatic rings. The number of hydrogen-bond acceptors (Lipinski definition) is 1. The molecule has 0 N–H and O–H groups in total. The van der Waals surface area contributed by atoms with Gasteiger partial charge in [-0.05, 0) is 24.1 Å². The molecule has 0 saturated carbocycles. The molecule has 0 bridgehead atoms. The van der Waals surface area contributed by atoms with Crippen molar-refractivity contribution in [1.82, 2.24) is 5.32 Å². The molecule has 1 aliphatic heterocycles. The Labute approximate surface area is 78.9 Å². The average Bonchev–Trinajstić information content (AvgIpc) is 2.12. The molecule has 0 aliphatic carbocycles. The van der Waals surface area contributed by atoms with Crippen molar-refractivity contribution in [2.24, 2.45) is 0 Å². The molecule has 1 aromatic carbocycles. The van der Waals surface area contributed by atoms with E-state index in [1.807, 2.05) is 12.1 Å². The summed E-state index contributed by atoms with van der Waals surface area (Å²) in [6.45, 7) is 3.87. The van der Waals surface area contributed by atoms with Crippen LogP contribution in [0.25, 0.3) is 0 Å². The lowest BCUT2D eigenvalue weighted by Crippen LogP contribution is -2.45. The van der Waals surface area contributed by atoms with E-state index in [-0.39, 0.29) is 0 Å². The molecule has 0 spiro atoms. The van der Waals surface area contributed by atoms with Crippen molar-refractivity contribution in [3.63, 3.8) is 0 Å². The molecular formula is C11H14NO. The van der Waals surface area contributed by atoms with Gasteiger partial charge in [0.25, 0.3) is 0 Å². The highest BCUT2D eigenvalue weighted by Gasteiger charge is 2.19. The van der Waals surface area contributed by atoms with Crippen LogP contribution in [0.4, 0.5) is 0 Å². The predicted molar refractivity (Wildman–Crippen MR) is 52.1 cm³/mol. The fraction of sp³-hybridized carbons (Fsp3) is 0.455. The van der Waals surface area contributed by atoms with Crippen LogP contribution in [-0.4, -0.2) is 19.2 Å². The van der Waals surface area contributed by atoms with E-state index >= 15 is 0 Å². The highest BCUT2D eigenvalue weighted by Crippen LogP contribution is 2.16. The number of benzene rings is 1. The Morgan fingerprint density at radius 2 is 2.31 bits per heavy atom. The van der Waals surface area contributed by atoms with E-state index < -0.39 is 0 Å². The maximum Gasteiger partial charge on any atom is 0.127 e. The van der Waals surface area contributed by atoms with Crippen LogP contribution in [0.5, 0.6) is 5.75 Å². The first-order chi connectivity index (χ1) is 6.38. The molecule has 0 unspecified atom stereocenters. The van der Waals surface area contributed by atoms with Crippen LogP contribution in [0.3, 0.4) is 0 Å². The number of nitrogens with zero attached hydrogens (tertiary/aromatic N) is 1. The van der Waals surface area contributed by atoms with Gasteiger partial charge in [0.05, 0.1) is 13.1 Å². The van der Waals surface area contributed by atoms with Gasteiger partial charge in [0.15, 0.2) is 0 Å². The molecule has 0 aromatic heterocycles. The zero-order valence-corrected chi connectivity index (χ0v) is 7.86. The van der Waals surface area contributed by atoms with Crippen LogP contribution in [0, 0.1) is 0 Å². The summed E-state index contributed by atoms with van der Waals surface area (Å²) in [5, 5.41) is 4.11. The lowest BCUT2D eigenvalue weighted by molar-refractivity contribution is 0.138. The zero-order chi connectivity index (χ0) is 9.10. The Bertz CT molecular complexity index is 281. The van der Waals surface area contributed by atoms with Crippen LogP contribution in [0.2, 0.25) is 0 Å². The van der Waals surface area contributed by atoms with Crippen LogP contribution in [0.15, 0.2) is 24.3 Å². The summed E-state index contributed by atoms with van der Waals surface area (Å²) in [7, 11) is 0. The molecule has 13 heavy (non-hydrogen) atoms. The van der Waals surface area contributed by atoms with E-state index in [4.69, 9.17) is 4.74 Å². The van der Waals surface area contributed by atoms with E-state index in [0.29, 0.717) is 6.10 Å². The SMILES string of the molecule is CCc1cccc(OC2C[N]C2)c1. The van der Waals surface area contributed by atoms with E-state index in [1.165, 1.54) is 5.56 Å². The number of ether oxygens (including phenoxy) is 1. The van der Waals surface area contributed by atoms with E-state index in [2.05, 4.69) is 24.4 Å². The summed E-state index contributed by atoms with van der Waals surface area (Å²) in [6.07, 6.45) is 1.39. The molecule has 1 heterocycles. The molecule has 2 rings (SSSR count). The van der Waals surface area contributed by atoms with Gasteiger partial charge in [-0.2, -0.15) is 0 Å². The minimum absolute atomic E-state index is 0.326. The first-order valence-corrected chi connectivity index (χ1v) is 4.77. The van der Waals surface area contributed by atoms with Gasteiger partial charge in [-0.1, -0.05) is 19.1 Å². The topological polar surface area (TPSA) is 23.3 Å². The fourth-order valence-electron chi connectivity index (χ4n) is 1.34. The van der Waals surface area contributed by atoms with Crippen molar-refractivity contribution < 1.29 is 4.74 Å². The lowest BCUT2D eigenvalue weighted by Gasteiger charge is -2.26. The minimum Gasteiger partial charge on any atom is -0.488 e. The monoisotopic (exact) mass is 176 g/mol. The molecular weight excluding hydrogens is 162 g/mol. The Balaban J connectivity index is 2.01. The highest BCUT2D eigenvalue weighted by atomic mass is 16.5. The van der Waals surface area contributed by atoms with Gasteiger partial charge in [-0.15, -0.1) is 0 Å². The van der Waals surface area contributed by atoms with Gasteiger partial charge in [0.2, 0.25) is 0 Å². The molecule has 1 saturated heterocycles. The molecule has 2 heteroatoms. The van der Waals surface area contributed by atoms with Crippen LogP contribution in [-0.2, 0) is 6.42 Å². The van der Waals surface area contributed by atoms with Crippen molar-refractivity contribution in [2.45, 2.75) is 19.4 Å². The number of rotatable bonds is 3. The van der Waals surface area contributed by atoms with Gasteiger partial charge < -0.3 is 4.74 Å². The molecule has 0 atom stereocenters. The van der Waals surface area contributed by atoms with Crippen molar-refractivity contribution in [1.29, 1.82) is 0 Å².